The van der Waals surface area contributed by atoms with Gasteiger partial charge in [0, 0.05) is 30.5 Å². The van der Waals surface area contributed by atoms with Gasteiger partial charge in [0.1, 0.15) is 5.69 Å². The highest BCUT2D eigenvalue weighted by atomic mass is 32.2. The van der Waals surface area contributed by atoms with Crippen LogP contribution in [0.2, 0.25) is 0 Å². The predicted octanol–water partition coefficient (Wildman–Crippen LogP) is 3.74. The second kappa shape index (κ2) is 7.39. The molecule has 0 amide bonds. The fourth-order valence-corrected chi connectivity index (χ4v) is 4.74. The van der Waals surface area contributed by atoms with Crippen molar-refractivity contribution in [3.8, 4) is 0 Å². The van der Waals surface area contributed by atoms with Gasteiger partial charge in [-0.3, -0.25) is 0 Å². The minimum Gasteiger partial charge on any atom is -0.233 e. The summed E-state index contributed by atoms with van der Waals surface area (Å²) in [6, 6.07) is 2.64. The third kappa shape index (κ3) is 4.48. The Kier molecular flexibility index (Phi) is 5.55. The molecule has 0 saturated carbocycles. The zero-order valence-corrected chi connectivity index (χ0v) is 17.5. The molecular weight excluding hydrogens is 405 g/mol. The van der Waals surface area contributed by atoms with Crippen LogP contribution in [0.4, 0.5) is 13.2 Å². The molecule has 3 rings (SSSR count). The van der Waals surface area contributed by atoms with E-state index in [1.807, 2.05) is 20.8 Å². The van der Waals surface area contributed by atoms with Crippen LogP contribution in [0.25, 0.3) is 5.65 Å². The van der Waals surface area contributed by atoms with Crippen LogP contribution in [0.3, 0.4) is 0 Å². The van der Waals surface area contributed by atoms with Gasteiger partial charge in [-0.1, -0.05) is 26.8 Å². The number of piperidine rings is 1. The van der Waals surface area contributed by atoms with Crippen molar-refractivity contribution < 1.29 is 21.6 Å². The van der Waals surface area contributed by atoms with Crippen molar-refractivity contribution in [3.63, 3.8) is 0 Å². The SMILES string of the molecule is C=CCS(=O)(=O)N1CCC(c2cc3nc(C(C)(C)C)cc(C(F)(F)F)n3n2)CC1. The highest BCUT2D eigenvalue weighted by Crippen LogP contribution is 2.34. The Hall–Kier alpha value is -1.94. The molecule has 29 heavy (non-hydrogen) atoms. The van der Waals surface area contributed by atoms with Crippen molar-refractivity contribution in [1.82, 2.24) is 18.9 Å². The third-order valence-electron chi connectivity index (χ3n) is 5.10. The normalized spacial score (nSPS) is 17.7. The van der Waals surface area contributed by atoms with E-state index in [0.29, 0.717) is 37.3 Å². The second-order valence-electron chi connectivity index (χ2n) is 8.35. The molecule has 1 aliphatic heterocycles. The van der Waals surface area contributed by atoms with Gasteiger partial charge in [-0.2, -0.15) is 18.3 Å². The zero-order chi connectivity index (χ0) is 21.6. The van der Waals surface area contributed by atoms with E-state index in [9.17, 15) is 21.6 Å². The summed E-state index contributed by atoms with van der Waals surface area (Å²) in [5.41, 5.74) is -0.396. The van der Waals surface area contributed by atoms with Crippen LogP contribution in [0, 0.1) is 0 Å². The minimum absolute atomic E-state index is 0.119. The number of alkyl halides is 3. The largest absolute Gasteiger partial charge is 0.433 e. The maximum atomic E-state index is 13.6. The Morgan fingerprint density at radius 1 is 1.21 bits per heavy atom. The summed E-state index contributed by atoms with van der Waals surface area (Å²) in [4.78, 5) is 4.40. The average molecular weight is 430 g/mol. The lowest BCUT2D eigenvalue weighted by Gasteiger charge is -2.30. The average Bonchev–Trinajstić information content (AvgIpc) is 3.03. The number of aromatic nitrogens is 3. The molecule has 160 valence electrons. The van der Waals surface area contributed by atoms with Crippen molar-refractivity contribution in [3.05, 3.63) is 41.9 Å². The monoisotopic (exact) mass is 430 g/mol. The standard InChI is InChI=1S/C19H25F3N4O2S/c1-5-10-29(27,28)25-8-6-13(7-9-25)14-11-17-23-15(18(2,3)4)12-16(19(20,21)22)26(17)24-14/h5,11-13H,1,6-10H2,2-4H3. The summed E-state index contributed by atoms with van der Waals surface area (Å²) in [5.74, 6) is -0.244. The highest BCUT2D eigenvalue weighted by molar-refractivity contribution is 7.89. The second-order valence-corrected chi connectivity index (χ2v) is 10.4. The van der Waals surface area contributed by atoms with E-state index in [4.69, 9.17) is 0 Å². The summed E-state index contributed by atoms with van der Waals surface area (Å²) in [7, 11) is -3.38. The van der Waals surface area contributed by atoms with Gasteiger partial charge in [-0.25, -0.2) is 22.2 Å². The zero-order valence-electron chi connectivity index (χ0n) is 16.7. The molecule has 1 fully saturated rings. The van der Waals surface area contributed by atoms with Crippen LogP contribution in [0.1, 0.15) is 56.6 Å². The molecule has 2 aromatic rings. The van der Waals surface area contributed by atoms with Crippen LogP contribution in [0.15, 0.2) is 24.8 Å². The molecule has 0 aromatic carbocycles. The van der Waals surface area contributed by atoms with Gasteiger partial charge >= 0.3 is 6.18 Å². The molecule has 0 spiro atoms. The third-order valence-corrected chi connectivity index (χ3v) is 6.91. The molecule has 3 heterocycles. The lowest BCUT2D eigenvalue weighted by atomic mass is 9.91. The van der Waals surface area contributed by atoms with Crippen LogP contribution in [-0.2, 0) is 21.6 Å². The van der Waals surface area contributed by atoms with Gasteiger partial charge in [-0.15, -0.1) is 6.58 Å². The smallest absolute Gasteiger partial charge is 0.233 e. The minimum atomic E-state index is -4.56. The van der Waals surface area contributed by atoms with Crippen LogP contribution in [-0.4, -0.2) is 46.2 Å². The number of sulfonamides is 1. The van der Waals surface area contributed by atoms with E-state index in [0.717, 1.165) is 10.6 Å². The first-order valence-electron chi connectivity index (χ1n) is 9.40. The Balaban J connectivity index is 1.93. The van der Waals surface area contributed by atoms with Gasteiger partial charge in [-0.05, 0) is 18.9 Å². The quantitative estimate of drug-likeness (QED) is 0.693. The Morgan fingerprint density at radius 2 is 1.83 bits per heavy atom. The molecule has 1 aliphatic rings. The maximum Gasteiger partial charge on any atom is 0.433 e. The molecule has 6 nitrogen and oxygen atoms in total. The fourth-order valence-electron chi connectivity index (χ4n) is 3.46. The lowest BCUT2D eigenvalue weighted by molar-refractivity contribution is -0.142. The number of hydrogen-bond acceptors (Lipinski definition) is 4. The molecule has 0 unspecified atom stereocenters. The van der Waals surface area contributed by atoms with E-state index >= 15 is 0 Å². The first kappa shape index (κ1) is 21.8. The van der Waals surface area contributed by atoms with E-state index in [1.54, 1.807) is 6.07 Å². The molecule has 10 heteroatoms. The van der Waals surface area contributed by atoms with E-state index < -0.39 is 27.3 Å². The molecule has 0 N–H and O–H groups in total. The summed E-state index contributed by atoms with van der Waals surface area (Å²) >= 11 is 0. The Labute approximate surface area is 168 Å². The summed E-state index contributed by atoms with van der Waals surface area (Å²) < 4.78 is 67.4. The number of halogens is 3. The van der Waals surface area contributed by atoms with Crippen molar-refractivity contribution in [2.75, 3.05) is 18.8 Å². The van der Waals surface area contributed by atoms with E-state index in [2.05, 4.69) is 16.7 Å². The fraction of sp³-hybridized carbons (Fsp3) is 0.579. The van der Waals surface area contributed by atoms with Crippen molar-refractivity contribution in [2.24, 2.45) is 0 Å². The van der Waals surface area contributed by atoms with Gasteiger partial charge in [0.15, 0.2) is 5.65 Å². The lowest BCUT2D eigenvalue weighted by Crippen LogP contribution is -2.38. The van der Waals surface area contributed by atoms with Gasteiger partial charge in [0.05, 0.1) is 17.1 Å². The Morgan fingerprint density at radius 3 is 2.34 bits per heavy atom. The van der Waals surface area contributed by atoms with Crippen LogP contribution < -0.4 is 0 Å². The summed E-state index contributed by atoms with van der Waals surface area (Å²) in [5, 5.41) is 4.20. The molecule has 0 radical (unpaired) electrons. The van der Waals surface area contributed by atoms with Crippen molar-refractivity contribution in [2.45, 2.75) is 51.1 Å². The number of nitrogens with zero attached hydrogens (tertiary/aromatic N) is 4. The number of hydrogen-bond donors (Lipinski definition) is 0. The maximum absolute atomic E-state index is 13.6. The summed E-state index contributed by atoms with van der Waals surface area (Å²) in [6.07, 6.45) is -2.23. The molecule has 0 aliphatic carbocycles. The van der Waals surface area contributed by atoms with E-state index in [-0.39, 0.29) is 17.3 Å². The van der Waals surface area contributed by atoms with Crippen LogP contribution in [0.5, 0.6) is 0 Å². The first-order chi connectivity index (χ1) is 13.3. The number of rotatable bonds is 4. The molecule has 2 aromatic heterocycles. The molecule has 0 atom stereocenters. The first-order valence-corrected chi connectivity index (χ1v) is 11.0. The van der Waals surface area contributed by atoms with Gasteiger partial charge < -0.3 is 0 Å². The van der Waals surface area contributed by atoms with Crippen molar-refractivity contribution >= 4 is 15.7 Å². The van der Waals surface area contributed by atoms with Gasteiger partial charge in [0.25, 0.3) is 0 Å². The topological polar surface area (TPSA) is 67.6 Å². The highest BCUT2D eigenvalue weighted by Gasteiger charge is 2.37. The van der Waals surface area contributed by atoms with Crippen molar-refractivity contribution in [1.29, 1.82) is 0 Å². The van der Waals surface area contributed by atoms with Crippen LogP contribution >= 0.6 is 0 Å². The Bertz CT molecular complexity index is 1010. The molecule has 1 saturated heterocycles. The molecule has 0 bridgehead atoms. The van der Waals surface area contributed by atoms with E-state index in [1.165, 1.54) is 10.4 Å². The van der Waals surface area contributed by atoms with Gasteiger partial charge in [0.2, 0.25) is 10.0 Å². The number of fused-ring (bicyclic) bond motifs is 1. The predicted molar refractivity (Wildman–Crippen MR) is 104 cm³/mol. The summed E-state index contributed by atoms with van der Waals surface area (Å²) in [6.45, 7) is 9.50. The molecular formula is C19H25F3N4O2S.